The molecule has 2 aromatic rings. The van der Waals surface area contributed by atoms with Crippen molar-refractivity contribution < 1.29 is 30.5 Å². The van der Waals surface area contributed by atoms with Crippen molar-refractivity contribution in [3.05, 3.63) is 48.8 Å². The standard InChI is InChI=1S/C15H20N5.C2H6O.W/c1-12-11-19(2)10-9-15(12,13-7-5-4-6-8-13)14-16-17-18-20(14)3;1-3-2;/h4-8,12H,2,9-11H2,1,3H3;1-2H3;/q-1;;/p+1. The van der Waals surface area contributed by atoms with Gasteiger partial charge < -0.3 is 9.64 Å². The van der Waals surface area contributed by atoms with Gasteiger partial charge in [-0.1, -0.05) is 42.5 Å². The molecule has 7 heteroatoms. The van der Waals surface area contributed by atoms with E-state index in [-0.39, 0.29) is 26.5 Å². The molecule has 0 aliphatic carbocycles. The van der Waals surface area contributed by atoms with Crippen molar-refractivity contribution in [3.63, 3.8) is 0 Å². The van der Waals surface area contributed by atoms with Gasteiger partial charge in [0.15, 0.2) is 5.21 Å². The van der Waals surface area contributed by atoms with Gasteiger partial charge in [0.25, 0.3) is 0 Å². The SMILES string of the molecule is COC.[CH2-]N1CCC(c2ccccc2)(c2nn[nH][n+]2C)C(C)C1.[W]. The maximum atomic E-state index is 4.38. The Kier molecular flexibility index (Phi) is 8.20. The smallest absolute Gasteiger partial charge is 0.311 e. The molecule has 1 aromatic heterocycles. The van der Waals surface area contributed by atoms with Crippen molar-refractivity contribution in [2.45, 2.75) is 18.8 Å². The van der Waals surface area contributed by atoms with E-state index in [1.807, 2.05) is 11.7 Å². The van der Waals surface area contributed by atoms with Crippen LogP contribution < -0.4 is 4.68 Å². The third-order valence-electron chi connectivity index (χ3n) is 4.54. The van der Waals surface area contributed by atoms with Crippen LogP contribution in [-0.4, -0.2) is 47.7 Å². The number of methoxy groups -OCH3 is 1. The molecule has 2 atom stereocenters. The number of rotatable bonds is 2. The quantitative estimate of drug-likeness (QED) is 0.499. The molecule has 0 spiro atoms. The first kappa shape index (κ1) is 20.9. The summed E-state index contributed by atoms with van der Waals surface area (Å²) in [4.78, 5) is 2.14. The van der Waals surface area contributed by atoms with Crippen molar-refractivity contribution >= 4 is 0 Å². The molecule has 0 bridgehead atoms. The Hall–Kier alpha value is -1.10. The molecular formula is C17H27N5OW. The summed E-state index contributed by atoms with van der Waals surface area (Å²) in [6, 6.07) is 10.6. The Morgan fingerprint density at radius 1 is 1.33 bits per heavy atom. The number of hydrogen-bond acceptors (Lipinski definition) is 4. The van der Waals surface area contributed by atoms with Crippen LogP contribution in [0, 0.1) is 13.0 Å². The Bertz CT molecular complexity index is 606. The van der Waals surface area contributed by atoms with Gasteiger partial charge in [-0.05, 0) is 31.0 Å². The molecule has 0 saturated carbocycles. The maximum absolute atomic E-state index is 4.38. The van der Waals surface area contributed by atoms with E-state index in [2.05, 4.69) is 69.5 Å². The Morgan fingerprint density at radius 3 is 2.46 bits per heavy atom. The zero-order chi connectivity index (χ0) is 16.9. The van der Waals surface area contributed by atoms with Crippen LogP contribution in [0.15, 0.2) is 30.3 Å². The van der Waals surface area contributed by atoms with Gasteiger partial charge in [0.05, 0.1) is 12.5 Å². The summed E-state index contributed by atoms with van der Waals surface area (Å²) in [5.41, 5.74) is 1.21. The average Bonchev–Trinajstić information content (AvgIpc) is 2.96. The third kappa shape index (κ3) is 4.10. The first-order valence-corrected chi connectivity index (χ1v) is 7.85. The van der Waals surface area contributed by atoms with Crippen LogP contribution in [0.3, 0.4) is 0 Å². The topological polar surface area (TPSA) is 57.9 Å². The zero-order valence-corrected chi connectivity index (χ0v) is 17.8. The number of nitrogens with one attached hydrogen (secondary N) is 1. The van der Waals surface area contributed by atoms with E-state index in [4.69, 9.17) is 0 Å². The molecule has 1 N–H and O–H groups in total. The van der Waals surface area contributed by atoms with Gasteiger partial charge in [-0.3, -0.25) is 7.05 Å². The molecular weight excluding hydrogens is 474 g/mol. The monoisotopic (exact) mass is 501 g/mol. The molecule has 1 fully saturated rings. The Labute approximate surface area is 158 Å². The van der Waals surface area contributed by atoms with Gasteiger partial charge in [-0.2, -0.15) is 4.68 Å². The number of benzene rings is 1. The first-order valence-electron chi connectivity index (χ1n) is 7.85. The number of nitrogens with zero attached hydrogens (tertiary/aromatic N) is 4. The number of aryl methyl sites for hydroxylation is 1. The predicted octanol–water partition coefficient (Wildman–Crippen LogP) is 1.31. The van der Waals surface area contributed by atoms with Crippen LogP contribution in [0.5, 0.6) is 0 Å². The van der Waals surface area contributed by atoms with E-state index in [0.29, 0.717) is 5.92 Å². The van der Waals surface area contributed by atoms with Crippen molar-refractivity contribution in [3.8, 4) is 0 Å². The van der Waals surface area contributed by atoms with Crippen LogP contribution in [0.4, 0.5) is 0 Å². The molecule has 0 amide bonds. The number of aromatic amines is 1. The summed E-state index contributed by atoms with van der Waals surface area (Å²) in [6.07, 6.45) is 1.00. The van der Waals surface area contributed by atoms with E-state index in [0.717, 1.165) is 25.3 Å². The number of hydrogen-bond donors (Lipinski definition) is 1. The van der Waals surface area contributed by atoms with E-state index in [1.165, 1.54) is 5.56 Å². The van der Waals surface area contributed by atoms with E-state index >= 15 is 0 Å². The molecule has 1 aromatic carbocycles. The van der Waals surface area contributed by atoms with Crippen LogP contribution >= 0.6 is 0 Å². The van der Waals surface area contributed by atoms with Crippen LogP contribution in [0.25, 0.3) is 0 Å². The molecule has 6 nitrogen and oxygen atoms in total. The minimum atomic E-state index is -0.1000. The molecule has 1 aliphatic heterocycles. The summed E-state index contributed by atoms with van der Waals surface area (Å²) in [5.74, 6) is 1.43. The molecule has 24 heavy (non-hydrogen) atoms. The summed E-state index contributed by atoms with van der Waals surface area (Å²) in [7, 11) is 9.32. The van der Waals surface area contributed by atoms with Crippen LogP contribution in [0.2, 0.25) is 0 Å². The second-order valence-corrected chi connectivity index (χ2v) is 6.16. The summed E-state index contributed by atoms with van der Waals surface area (Å²) in [6.45, 7) is 4.20. The summed E-state index contributed by atoms with van der Waals surface area (Å²) in [5, 5.41) is 11.3. The number of aromatic nitrogens is 4. The minimum Gasteiger partial charge on any atom is -0.459 e. The van der Waals surface area contributed by atoms with Gasteiger partial charge in [-0.15, -0.1) is 0 Å². The molecule has 1 aliphatic rings. The normalized spacial score (nSPS) is 23.8. The molecule has 2 heterocycles. The van der Waals surface area contributed by atoms with Crippen LogP contribution in [0.1, 0.15) is 24.7 Å². The fourth-order valence-electron chi connectivity index (χ4n) is 3.48. The van der Waals surface area contributed by atoms with Crippen LogP contribution in [-0.2, 0) is 38.3 Å². The van der Waals surface area contributed by atoms with E-state index < -0.39 is 0 Å². The van der Waals surface area contributed by atoms with Crippen molar-refractivity contribution in [1.82, 2.24) is 20.4 Å². The largest absolute Gasteiger partial charge is 0.459 e. The van der Waals surface area contributed by atoms with E-state index in [9.17, 15) is 0 Å². The first-order chi connectivity index (χ1) is 11.1. The third-order valence-corrected chi connectivity index (χ3v) is 4.54. The fourth-order valence-corrected chi connectivity index (χ4v) is 3.48. The van der Waals surface area contributed by atoms with Gasteiger partial charge in [0, 0.05) is 35.3 Å². The van der Waals surface area contributed by atoms with Gasteiger partial charge >= 0.3 is 5.82 Å². The molecule has 3 rings (SSSR count). The predicted molar refractivity (Wildman–Crippen MR) is 88.4 cm³/mol. The van der Waals surface area contributed by atoms with Gasteiger partial charge in [-0.25, -0.2) is 0 Å². The summed E-state index contributed by atoms with van der Waals surface area (Å²) < 4.78 is 6.18. The second kappa shape index (κ2) is 9.40. The number of H-pyrrole nitrogens is 1. The average molecular weight is 501 g/mol. The Balaban J connectivity index is 0.000000671. The summed E-state index contributed by atoms with van der Waals surface area (Å²) >= 11 is 0. The van der Waals surface area contributed by atoms with Crippen molar-refractivity contribution in [2.24, 2.45) is 13.0 Å². The van der Waals surface area contributed by atoms with Crippen molar-refractivity contribution in [1.29, 1.82) is 0 Å². The van der Waals surface area contributed by atoms with E-state index in [1.54, 1.807) is 14.2 Å². The van der Waals surface area contributed by atoms with Gasteiger partial charge in [0.1, 0.15) is 5.10 Å². The zero-order valence-electron chi connectivity index (χ0n) is 14.9. The maximum Gasteiger partial charge on any atom is 0.311 e. The molecule has 132 valence electrons. The van der Waals surface area contributed by atoms with Crippen molar-refractivity contribution in [2.75, 3.05) is 27.3 Å². The second-order valence-electron chi connectivity index (χ2n) is 6.16. The molecule has 0 radical (unpaired) electrons. The number of tetrazole rings is 1. The number of piperidine rings is 1. The number of likely N-dealkylation sites (tertiary alicyclic amines) is 1. The fraction of sp³-hybridized carbons (Fsp3) is 0.529. The molecule has 2 unspecified atom stereocenters. The Morgan fingerprint density at radius 2 is 1.96 bits per heavy atom. The number of ether oxygens (including phenoxy) is 1. The minimum absolute atomic E-state index is 0. The van der Waals surface area contributed by atoms with Gasteiger partial charge in [0.2, 0.25) is 0 Å². The molecule has 1 saturated heterocycles.